The lowest BCUT2D eigenvalue weighted by Gasteiger charge is -2.14. The molecular formula is C21H19N3O. The SMILES string of the molecule is CCCOc1ccc(-c2c(-c3ccccc3)cnc(N)c2C#N)cc1. The maximum atomic E-state index is 9.61. The van der Waals surface area contributed by atoms with E-state index in [1.807, 2.05) is 54.6 Å². The molecule has 1 aromatic heterocycles. The number of pyridine rings is 1. The third-order valence-electron chi connectivity index (χ3n) is 3.92. The summed E-state index contributed by atoms with van der Waals surface area (Å²) in [5.74, 6) is 1.05. The highest BCUT2D eigenvalue weighted by molar-refractivity contribution is 5.89. The Labute approximate surface area is 147 Å². The Morgan fingerprint density at radius 3 is 2.40 bits per heavy atom. The molecule has 0 aliphatic carbocycles. The summed E-state index contributed by atoms with van der Waals surface area (Å²) in [6.45, 7) is 2.75. The van der Waals surface area contributed by atoms with Crippen LogP contribution in [0.15, 0.2) is 60.8 Å². The Bertz CT molecular complexity index is 897. The van der Waals surface area contributed by atoms with Gasteiger partial charge in [0.2, 0.25) is 0 Å². The molecule has 0 saturated carbocycles. The van der Waals surface area contributed by atoms with E-state index in [4.69, 9.17) is 10.5 Å². The van der Waals surface area contributed by atoms with E-state index in [-0.39, 0.29) is 5.82 Å². The van der Waals surface area contributed by atoms with Crippen molar-refractivity contribution in [3.63, 3.8) is 0 Å². The van der Waals surface area contributed by atoms with Gasteiger partial charge in [0, 0.05) is 17.3 Å². The summed E-state index contributed by atoms with van der Waals surface area (Å²) < 4.78 is 5.64. The van der Waals surface area contributed by atoms with Crippen LogP contribution in [0, 0.1) is 11.3 Å². The van der Waals surface area contributed by atoms with Crippen LogP contribution in [0.1, 0.15) is 18.9 Å². The van der Waals surface area contributed by atoms with Crippen LogP contribution in [0.3, 0.4) is 0 Å². The number of benzene rings is 2. The molecule has 124 valence electrons. The molecule has 0 atom stereocenters. The predicted molar refractivity (Wildman–Crippen MR) is 100 cm³/mol. The fraction of sp³-hybridized carbons (Fsp3) is 0.143. The summed E-state index contributed by atoms with van der Waals surface area (Å²) >= 11 is 0. The first kappa shape index (κ1) is 16.5. The number of hydrogen-bond donors (Lipinski definition) is 1. The second kappa shape index (κ2) is 7.50. The van der Waals surface area contributed by atoms with Crippen molar-refractivity contribution in [2.24, 2.45) is 0 Å². The Balaban J connectivity index is 2.14. The monoisotopic (exact) mass is 329 g/mol. The highest BCUT2D eigenvalue weighted by Gasteiger charge is 2.16. The number of hydrogen-bond acceptors (Lipinski definition) is 4. The Kier molecular flexibility index (Phi) is 4.96. The van der Waals surface area contributed by atoms with Gasteiger partial charge < -0.3 is 10.5 Å². The zero-order chi connectivity index (χ0) is 17.6. The largest absolute Gasteiger partial charge is 0.494 e. The Morgan fingerprint density at radius 2 is 1.76 bits per heavy atom. The van der Waals surface area contributed by atoms with Gasteiger partial charge in [-0.15, -0.1) is 0 Å². The number of anilines is 1. The Morgan fingerprint density at radius 1 is 1.04 bits per heavy atom. The van der Waals surface area contributed by atoms with E-state index >= 15 is 0 Å². The number of aromatic nitrogens is 1. The number of nitrogens with zero attached hydrogens (tertiary/aromatic N) is 2. The average molecular weight is 329 g/mol. The van der Waals surface area contributed by atoms with E-state index in [0.29, 0.717) is 12.2 Å². The first-order valence-electron chi connectivity index (χ1n) is 8.21. The Hall–Kier alpha value is -3.32. The molecule has 1 heterocycles. The fourth-order valence-electron chi connectivity index (χ4n) is 2.71. The molecule has 0 bridgehead atoms. The minimum Gasteiger partial charge on any atom is -0.494 e. The molecule has 3 aromatic rings. The zero-order valence-corrected chi connectivity index (χ0v) is 14.1. The minimum absolute atomic E-state index is 0.239. The van der Waals surface area contributed by atoms with E-state index in [2.05, 4.69) is 18.0 Å². The topological polar surface area (TPSA) is 71.9 Å². The molecule has 0 amide bonds. The molecule has 25 heavy (non-hydrogen) atoms. The second-order valence-electron chi connectivity index (χ2n) is 5.66. The average Bonchev–Trinajstić information content (AvgIpc) is 2.67. The van der Waals surface area contributed by atoms with Gasteiger partial charge in [0.05, 0.1) is 6.61 Å². The van der Waals surface area contributed by atoms with Crippen LogP contribution < -0.4 is 10.5 Å². The predicted octanol–water partition coefficient (Wildman–Crippen LogP) is 4.66. The summed E-state index contributed by atoms with van der Waals surface area (Å²) in [4.78, 5) is 4.20. The number of ether oxygens (including phenoxy) is 1. The lowest BCUT2D eigenvalue weighted by molar-refractivity contribution is 0.317. The van der Waals surface area contributed by atoms with Crippen molar-refractivity contribution in [3.8, 4) is 34.1 Å². The van der Waals surface area contributed by atoms with E-state index in [9.17, 15) is 5.26 Å². The molecule has 0 radical (unpaired) electrons. The maximum absolute atomic E-state index is 9.61. The molecule has 2 N–H and O–H groups in total. The molecular weight excluding hydrogens is 310 g/mol. The van der Waals surface area contributed by atoms with Crippen molar-refractivity contribution < 1.29 is 4.74 Å². The van der Waals surface area contributed by atoms with Crippen molar-refractivity contribution in [1.29, 1.82) is 5.26 Å². The van der Waals surface area contributed by atoms with E-state index in [1.54, 1.807) is 6.20 Å². The first-order chi connectivity index (χ1) is 12.2. The molecule has 0 aliphatic rings. The number of nitrogens with two attached hydrogens (primary N) is 1. The van der Waals surface area contributed by atoms with Crippen LogP contribution in [-0.2, 0) is 0 Å². The standard InChI is InChI=1S/C21H19N3O/c1-2-12-25-17-10-8-16(9-11-17)20-18(13-22)21(23)24-14-19(20)15-6-4-3-5-7-15/h3-11,14H,2,12H2,1H3,(H2,23,24). The molecule has 3 rings (SSSR count). The summed E-state index contributed by atoms with van der Waals surface area (Å²) in [5.41, 5.74) is 9.93. The van der Waals surface area contributed by atoms with E-state index in [0.717, 1.165) is 34.4 Å². The van der Waals surface area contributed by atoms with Crippen molar-refractivity contribution in [3.05, 3.63) is 66.4 Å². The van der Waals surface area contributed by atoms with Gasteiger partial charge in [0.1, 0.15) is 23.2 Å². The van der Waals surface area contributed by atoms with Crippen LogP contribution in [-0.4, -0.2) is 11.6 Å². The number of rotatable bonds is 5. The summed E-state index contributed by atoms with van der Waals surface area (Å²) in [6.07, 6.45) is 2.68. The number of nitriles is 1. The van der Waals surface area contributed by atoms with Gasteiger partial charge in [0.15, 0.2) is 0 Å². The highest BCUT2D eigenvalue weighted by atomic mass is 16.5. The van der Waals surface area contributed by atoms with Crippen LogP contribution in [0.5, 0.6) is 5.75 Å². The summed E-state index contributed by atoms with van der Waals surface area (Å²) in [5, 5.41) is 9.61. The molecule has 0 spiro atoms. The van der Waals surface area contributed by atoms with Crippen LogP contribution in [0.25, 0.3) is 22.3 Å². The van der Waals surface area contributed by atoms with Crippen LogP contribution in [0.2, 0.25) is 0 Å². The van der Waals surface area contributed by atoms with Crippen molar-refractivity contribution in [1.82, 2.24) is 4.98 Å². The quantitative estimate of drug-likeness (QED) is 0.739. The molecule has 4 nitrogen and oxygen atoms in total. The van der Waals surface area contributed by atoms with E-state index in [1.165, 1.54) is 0 Å². The van der Waals surface area contributed by atoms with Crippen molar-refractivity contribution >= 4 is 5.82 Å². The lowest BCUT2D eigenvalue weighted by atomic mass is 9.92. The zero-order valence-electron chi connectivity index (χ0n) is 14.1. The van der Waals surface area contributed by atoms with E-state index < -0.39 is 0 Å². The van der Waals surface area contributed by atoms with Gasteiger partial charge in [0.25, 0.3) is 0 Å². The van der Waals surface area contributed by atoms with Gasteiger partial charge in [-0.3, -0.25) is 0 Å². The van der Waals surface area contributed by atoms with Gasteiger partial charge >= 0.3 is 0 Å². The molecule has 2 aromatic carbocycles. The third kappa shape index (κ3) is 3.46. The maximum Gasteiger partial charge on any atom is 0.141 e. The van der Waals surface area contributed by atoms with Gasteiger partial charge in [-0.05, 0) is 29.7 Å². The van der Waals surface area contributed by atoms with Gasteiger partial charge in [-0.25, -0.2) is 4.98 Å². The normalized spacial score (nSPS) is 10.2. The van der Waals surface area contributed by atoms with Crippen LogP contribution >= 0.6 is 0 Å². The van der Waals surface area contributed by atoms with Crippen molar-refractivity contribution in [2.75, 3.05) is 12.3 Å². The third-order valence-corrected chi connectivity index (χ3v) is 3.92. The van der Waals surface area contributed by atoms with Gasteiger partial charge in [-0.1, -0.05) is 49.4 Å². The van der Waals surface area contributed by atoms with Gasteiger partial charge in [-0.2, -0.15) is 5.26 Å². The lowest BCUT2D eigenvalue weighted by Crippen LogP contribution is -2.00. The first-order valence-corrected chi connectivity index (χ1v) is 8.21. The fourth-order valence-corrected chi connectivity index (χ4v) is 2.71. The second-order valence-corrected chi connectivity index (χ2v) is 5.66. The molecule has 0 saturated heterocycles. The number of nitrogen functional groups attached to an aromatic ring is 1. The molecule has 0 unspecified atom stereocenters. The molecule has 4 heteroatoms. The minimum atomic E-state index is 0.239. The molecule has 0 fully saturated rings. The molecule has 0 aliphatic heterocycles. The smallest absolute Gasteiger partial charge is 0.141 e. The highest BCUT2D eigenvalue weighted by Crippen LogP contribution is 2.36. The summed E-state index contributed by atoms with van der Waals surface area (Å²) in [6, 6.07) is 19.8. The van der Waals surface area contributed by atoms with Crippen molar-refractivity contribution in [2.45, 2.75) is 13.3 Å². The summed E-state index contributed by atoms with van der Waals surface area (Å²) in [7, 11) is 0. The van der Waals surface area contributed by atoms with Crippen LogP contribution in [0.4, 0.5) is 5.82 Å².